The zero-order valence-electron chi connectivity index (χ0n) is 14.4. The van der Waals surface area contributed by atoms with Crippen molar-refractivity contribution in [2.75, 3.05) is 19.3 Å². The van der Waals surface area contributed by atoms with Crippen molar-refractivity contribution in [2.24, 2.45) is 10.9 Å². The number of aliphatic imine (C=N–C) groups is 1. The van der Waals surface area contributed by atoms with Gasteiger partial charge in [0.1, 0.15) is 0 Å². The lowest BCUT2D eigenvalue weighted by Crippen LogP contribution is -2.46. The number of nitrogens with one attached hydrogen (secondary N) is 2. The van der Waals surface area contributed by atoms with Gasteiger partial charge in [0.2, 0.25) is 0 Å². The third kappa shape index (κ3) is 6.81. The van der Waals surface area contributed by atoms with Crippen LogP contribution in [0.1, 0.15) is 59.8 Å². The highest BCUT2D eigenvalue weighted by atomic mass is 32.2. The van der Waals surface area contributed by atoms with Gasteiger partial charge in [-0.3, -0.25) is 9.20 Å². The summed E-state index contributed by atoms with van der Waals surface area (Å²) in [6, 6.07) is 0.534. The summed E-state index contributed by atoms with van der Waals surface area (Å²) in [5.41, 5.74) is 0. The molecule has 2 N–H and O–H groups in total. The van der Waals surface area contributed by atoms with E-state index in [4.69, 9.17) is 0 Å². The average molecular weight is 316 g/mol. The average Bonchev–Trinajstić information content (AvgIpc) is 2.45. The van der Waals surface area contributed by atoms with Crippen LogP contribution >= 0.6 is 0 Å². The zero-order chi connectivity index (χ0) is 15.9. The number of hydrogen-bond acceptors (Lipinski definition) is 2. The normalized spacial score (nSPS) is 25.5. The number of hydrogen-bond donors (Lipinski definition) is 2. The van der Waals surface area contributed by atoms with Gasteiger partial charge in [0.05, 0.1) is 0 Å². The molecule has 1 aliphatic rings. The van der Waals surface area contributed by atoms with Gasteiger partial charge in [-0.05, 0) is 52.4 Å². The Kier molecular flexibility index (Phi) is 7.71. The maximum Gasteiger partial charge on any atom is 0.191 e. The van der Waals surface area contributed by atoms with Gasteiger partial charge in [0, 0.05) is 40.9 Å². The maximum atomic E-state index is 12.0. The highest BCUT2D eigenvalue weighted by Gasteiger charge is 2.21. The quantitative estimate of drug-likeness (QED) is 0.606. The fourth-order valence-electron chi connectivity index (χ4n) is 2.67. The molecule has 1 saturated carbocycles. The van der Waals surface area contributed by atoms with Crippen LogP contribution in [0.15, 0.2) is 4.99 Å². The van der Waals surface area contributed by atoms with Gasteiger partial charge in [0.15, 0.2) is 5.96 Å². The third-order valence-electron chi connectivity index (χ3n) is 4.25. The first-order valence-corrected chi connectivity index (χ1v) is 9.54. The first-order chi connectivity index (χ1) is 9.86. The van der Waals surface area contributed by atoms with Crippen LogP contribution in [0.5, 0.6) is 0 Å². The molecule has 0 heterocycles. The van der Waals surface area contributed by atoms with Crippen LogP contribution < -0.4 is 10.6 Å². The Morgan fingerprint density at radius 3 is 2.33 bits per heavy atom. The lowest BCUT2D eigenvalue weighted by atomic mass is 9.84. The van der Waals surface area contributed by atoms with Gasteiger partial charge in [0.25, 0.3) is 0 Å². The van der Waals surface area contributed by atoms with Gasteiger partial charge < -0.3 is 10.6 Å². The van der Waals surface area contributed by atoms with E-state index in [9.17, 15) is 4.21 Å². The molecular weight excluding hydrogens is 282 g/mol. The topological polar surface area (TPSA) is 53.5 Å². The summed E-state index contributed by atoms with van der Waals surface area (Å²) in [6.45, 7) is 9.04. The van der Waals surface area contributed by atoms with Crippen LogP contribution in [0.3, 0.4) is 0 Å². The molecule has 1 rings (SSSR count). The molecule has 4 nitrogen and oxygen atoms in total. The number of rotatable bonds is 5. The minimum atomic E-state index is -0.814. The second-order valence-electron chi connectivity index (χ2n) is 6.93. The van der Waals surface area contributed by atoms with Crippen molar-refractivity contribution in [1.82, 2.24) is 10.6 Å². The van der Waals surface area contributed by atoms with Crippen molar-refractivity contribution in [3.8, 4) is 0 Å². The summed E-state index contributed by atoms with van der Waals surface area (Å²) >= 11 is 0. The van der Waals surface area contributed by atoms with Crippen LogP contribution in [0.2, 0.25) is 0 Å². The summed E-state index contributed by atoms with van der Waals surface area (Å²) in [4.78, 5) is 4.28. The molecule has 0 amide bonds. The number of nitrogens with zero attached hydrogens (tertiary/aromatic N) is 1. The van der Waals surface area contributed by atoms with Crippen LogP contribution in [-0.2, 0) is 10.8 Å². The molecule has 1 unspecified atom stereocenters. The molecular formula is C16H33N3OS. The minimum Gasteiger partial charge on any atom is -0.355 e. The van der Waals surface area contributed by atoms with Crippen molar-refractivity contribution in [3.63, 3.8) is 0 Å². The molecule has 1 aliphatic carbocycles. The van der Waals surface area contributed by atoms with Crippen LogP contribution in [0.4, 0.5) is 0 Å². The number of guanidine groups is 1. The van der Waals surface area contributed by atoms with E-state index in [0.29, 0.717) is 18.3 Å². The van der Waals surface area contributed by atoms with E-state index in [0.717, 1.165) is 11.9 Å². The molecule has 21 heavy (non-hydrogen) atoms. The van der Waals surface area contributed by atoms with Gasteiger partial charge >= 0.3 is 0 Å². The molecule has 1 fully saturated rings. The SMILES string of the molecule is CCC1CCC(NC(=NC)NCCS(=O)C(C)(C)C)CC1. The molecule has 0 bridgehead atoms. The van der Waals surface area contributed by atoms with Crippen molar-refractivity contribution >= 4 is 16.8 Å². The van der Waals surface area contributed by atoms with Crippen molar-refractivity contribution in [2.45, 2.75) is 70.6 Å². The van der Waals surface area contributed by atoms with Gasteiger partial charge in [-0.15, -0.1) is 0 Å². The van der Waals surface area contributed by atoms with E-state index < -0.39 is 10.8 Å². The van der Waals surface area contributed by atoms with Crippen molar-refractivity contribution < 1.29 is 4.21 Å². The van der Waals surface area contributed by atoms with E-state index in [1.54, 1.807) is 7.05 Å². The molecule has 0 aromatic rings. The Balaban J connectivity index is 2.29. The highest BCUT2D eigenvalue weighted by molar-refractivity contribution is 7.86. The first kappa shape index (κ1) is 18.5. The summed E-state index contributed by atoms with van der Waals surface area (Å²) < 4.78 is 11.9. The second-order valence-corrected chi connectivity index (χ2v) is 9.26. The fourth-order valence-corrected chi connectivity index (χ4v) is 3.57. The molecule has 0 spiro atoms. The lowest BCUT2D eigenvalue weighted by molar-refractivity contribution is 0.304. The fraction of sp³-hybridized carbons (Fsp3) is 0.938. The Labute approximate surface area is 133 Å². The highest BCUT2D eigenvalue weighted by Crippen LogP contribution is 2.26. The molecule has 5 heteroatoms. The summed E-state index contributed by atoms with van der Waals surface area (Å²) in [6.07, 6.45) is 6.40. The smallest absolute Gasteiger partial charge is 0.191 e. The monoisotopic (exact) mass is 315 g/mol. The van der Waals surface area contributed by atoms with Crippen LogP contribution in [0.25, 0.3) is 0 Å². The van der Waals surface area contributed by atoms with Crippen molar-refractivity contribution in [1.29, 1.82) is 0 Å². The third-order valence-corrected chi connectivity index (χ3v) is 6.19. The van der Waals surface area contributed by atoms with E-state index >= 15 is 0 Å². The molecule has 0 aromatic heterocycles. The van der Waals surface area contributed by atoms with Gasteiger partial charge in [-0.1, -0.05) is 13.3 Å². The van der Waals surface area contributed by atoms with Gasteiger partial charge in [-0.2, -0.15) is 0 Å². The van der Waals surface area contributed by atoms with E-state index in [1.807, 2.05) is 20.8 Å². The van der Waals surface area contributed by atoms with E-state index in [2.05, 4.69) is 22.5 Å². The van der Waals surface area contributed by atoms with Crippen LogP contribution in [-0.4, -0.2) is 40.3 Å². The molecule has 0 saturated heterocycles. The molecule has 1 atom stereocenters. The van der Waals surface area contributed by atoms with Gasteiger partial charge in [-0.25, -0.2) is 0 Å². The Hall–Kier alpha value is -0.580. The molecule has 0 aromatic carbocycles. The molecule has 124 valence electrons. The zero-order valence-corrected chi connectivity index (χ0v) is 15.2. The predicted octanol–water partition coefficient (Wildman–Crippen LogP) is 2.67. The van der Waals surface area contributed by atoms with Crippen LogP contribution in [0, 0.1) is 5.92 Å². The standard InChI is InChI=1S/C16H33N3OS/c1-6-13-7-9-14(10-8-13)19-15(17-5)18-11-12-21(20)16(2,3)4/h13-14H,6-12H2,1-5H3,(H2,17,18,19). The molecule has 0 aliphatic heterocycles. The second kappa shape index (κ2) is 8.76. The largest absolute Gasteiger partial charge is 0.355 e. The Bertz CT molecular complexity index is 355. The van der Waals surface area contributed by atoms with Crippen molar-refractivity contribution in [3.05, 3.63) is 0 Å². The molecule has 0 radical (unpaired) electrons. The Morgan fingerprint density at radius 1 is 1.24 bits per heavy atom. The summed E-state index contributed by atoms with van der Waals surface area (Å²) in [5, 5.41) is 6.79. The Morgan fingerprint density at radius 2 is 1.86 bits per heavy atom. The minimum absolute atomic E-state index is 0.142. The predicted molar refractivity (Wildman–Crippen MR) is 93.3 cm³/mol. The van der Waals surface area contributed by atoms with E-state index in [-0.39, 0.29) is 4.75 Å². The lowest BCUT2D eigenvalue weighted by Gasteiger charge is -2.29. The first-order valence-electron chi connectivity index (χ1n) is 8.22. The summed E-state index contributed by atoms with van der Waals surface area (Å²) in [5.74, 6) is 2.42. The maximum absolute atomic E-state index is 12.0. The summed E-state index contributed by atoms with van der Waals surface area (Å²) in [7, 11) is 0.986. The van der Waals surface area contributed by atoms with E-state index in [1.165, 1.54) is 32.1 Å².